The monoisotopic (exact) mass is 260 g/mol. The summed E-state index contributed by atoms with van der Waals surface area (Å²) in [6.07, 6.45) is 0. The second-order valence-corrected chi connectivity index (χ2v) is 4.42. The predicted octanol–water partition coefficient (Wildman–Crippen LogP) is 3.25. The zero-order valence-electron chi connectivity index (χ0n) is 10.1. The second kappa shape index (κ2) is 4.16. The number of benzene rings is 2. The van der Waals surface area contributed by atoms with E-state index in [9.17, 15) is 13.6 Å². The van der Waals surface area contributed by atoms with E-state index in [-0.39, 0.29) is 0 Å². The number of rotatable bonds is 1. The number of methoxy groups -OCH3 is 1. The van der Waals surface area contributed by atoms with Crippen molar-refractivity contribution in [2.45, 2.75) is 5.92 Å². The van der Waals surface area contributed by atoms with Gasteiger partial charge in [-0.05, 0) is 46.5 Å². The Morgan fingerprint density at radius 3 is 1.89 bits per heavy atom. The zero-order valence-corrected chi connectivity index (χ0v) is 10.1. The SMILES string of the molecule is COC(=O)C1c2cc(F)ccc2-c2ccc(F)cc21. The molecular weight excluding hydrogens is 250 g/mol. The summed E-state index contributed by atoms with van der Waals surface area (Å²) >= 11 is 0. The fourth-order valence-electron chi connectivity index (χ4n) is 2.57. The van der Waals surface area contributed by atoms with Crippen molar-refractivity contribution in [2.24, 2.45) is 0 Å². The first-order chi connectivity index (χ1) is 9.11. The van der Waals surface area contributed by atoms with Crippen LogP contribution in [0.3, 0.4) is 0 Å². The third-order valence-corrected chi connectivity index (χ3v) is 3.38. The Bertz CT molecular complexity index is 628. The maximum Gasteiger partial charge on any atom is 0.317 e. The summed E-state index contributed by atoms with van der Waals surface area (Å²) in [7, 11) is 1.26. The number of esters is 1. The molecule has 0 saturated carbocycles. The molecule has 96 valence electrons. The lowest BCUT2D eigenvalue weighted by Gasteiger charge is -2.10. The van der Waals surface area contributed by atoms with Crippen LogP contribution in [0, 0.1) is 11.6 Å². The topological polar surface area (TPSA) is 26.3 Å². The first-order valence-corrected chi connectivity index (χ1v) is 5.79. The van der Waals surface area contributed by atoms with Gasteiger partial charge in [-0.2, -0.15) is 0 Å². The molecule has 0 spiro atoms. The quantitative estimate of drug-likeness (QED) is 0.736. The maximum absolute atomic E-state index is 13.4. The molecule has 4 heteroatoms. The number of ether oxygens (including phenoxy) is 1. The van der Waals surface area contributed by atoms with Crippen LogP contribution in [0.1, 0.15) is 17.0 Å². The average molecular weight is 260 g/mol. The van der Waals surface area contributed by atoms with Crippen LogP contribution in [0.4, 0.5) is 8.78 Å². The zero-order chi connectivity index (χ0) is 13.6. The first-order valence-electron chi connectivity index (χ1n) is 5.79. The van der Waals surface area contributed by atoms with Crippen molar-refractivity contribution in [3.63, 3.8) is 0 Å². The largest absolute Gasteiger partial charge is 0.468 e. The van der Waals surface area contributed by atoms with Crippen molar-refractivity contribution in [1.82, 2.24) is 0 Å². The molecule has 0 heterocycles. The van der Waals surface area contributed by atoms with Crippen LogP contribution in [0.25, 0.3) is 11.1 Å². The fourth-order valence-corrected chi connectivity index (χ4v) is 2.57. The number of hydrogen-bond donors (Lipinski definition) is 0. The highest BCUT2D eigenvalue weighted by atomic mass is 19.1. The van der Waals surface area contributed by atoms with Crippen molar-refractivity contribution in [3.8, 4) is 11.1 Å². The molecule has 0 bridgehead atoms. The van der Waals surface area contributed by atoms with E-state index < -0.39 is 23.5 Å². The molecule has 2 aromatic rings. The molecule has 0 fully saturated rings. The molecule has 1 aliphatic rings. The van der Waals surface area contributed by atoms with Gasteiger partial charge in [-0.3, -0.25) is 4.79 Å². The van der Waals surface area contributed by atoms with Gasteiger partial charge in [0.1, 0.15) is 17.6 Å². The van der Waals surface area contributed by atoms with Crippen LogP contribution in [0.2, 0.25) is 0 Å². The van der Waals surface area contributed by atoms with E-state index in [1.54, 1.807) is 12.1 Å². The van der Waals surface area contributed by atoms with Gasteiger partial charge in [-0.25, -0.2) is 8.78 Å². The third kappa shape index (κ3) is 1.71. The maximum atomic E-state index is 13.4. The first kappa shape index (κ1) is 11.8. The minimum atomic E-state index is -0.763. The van der Waals surface area contributed by atoms with Gasteiger partial charge in [0.15, 0.2) is 0 Å². The summed E-state index contributed by atoms with van der Waals surface area (Å²) in [5.74, 6) is -2.14. The van der Waals surface area contributed by atoms with Crippen LogP contribution < -0.4 is 0 Å². The Morgan fingerprint density at radius 2 is 1.47 bits per heavy atom. The Balaban J connectivity index is 2.29. The summed E-state index contributed by atoms with van der Waals surface area (Å²) in [5, 5.41) is 0. The van der Waals surface area contributed by atoms with Gasteiger partial charge < -0.3 is 4.74 Å². The van der Waals surface area contributed by atoms with Crippen LogP contribution in [-0.4, -0.2) is 13.1 Å². The van der Waals surface area contributed by atoms with Gasteiger partial charge in [0.2, 0.25) is 0 Å². The minimum absolute atomic E-state index is 0.430. The van der Waals surface area contributed by atoms with E-state index in [4.69, 9.17) is 4.74 Å². The van der Waals surface area contributed by atoms with E-state index in [2.05, 4.69) is 0 Å². The molecule has 0 atom stereocenters. The Morgan fingerprint density at radius 1 is 1.00 bits per heavy atom. The number of halogens is 2. The second-order valence-electron chi connectivity index (χ2n) is 4.42. The van der Waals surface area contributed by atoms with Crippen LogP contribution >= 0.6 is 0 Å². The van der Waals surface area contributed by atoms with Crippen molar-refractivity contribution in [3.05, 3.63) is 59.2 Å². The fraction of sp³-hybridized carbons (Fsp3) is 0.133. The Kier molecular flexibility index (Phi) is 2.59. The Labute approximate surface area is 108 Å². The molecule has 3 rings (SSSR count). The average Bonchev–Trinajstić information content (AvgIpc) is 2.70. The lowest BCUT2D eigenvalue weighted by atomic mass is 9.97. The van der Waals surface area contributed by atoms with Gasteiger partial charge in [0.25, 0.3) is 0 Å². The number of carbonyl (C=O) groups is 1. The van der Waals surface area contributed by atoms with E-state index in [0.717, 1.165) is 11.1 Å². The Hall–Kier alpha value is -2.23. The van der Waals surface area contributed by atoms with Crippen molar-refractivity contribution >= 4 is 5.97 Å². The van der Waals surface area contributed by atoms with Crippen molar-refractivity contribution < 1.29 is 18.3 Å². The van der Waals surface area contributed by atoms with Gasteiger partial charge in [-0.15, -0.1) is 0 Å². The molecule has 2 nitrogen and oxygen atoms in total. The van der Waals surface area contributed by atoms with E-state index in [0.29, 0.717) is 11.1 Å². The molecular formula is C15H10F2O2. The van der Waals surface area contributed by atoms with Crippen LogP contribution in [0.15, 0.2) is 36.4 Å². The van der Waals surface area contributed by atoms with Gasteiger partial charge in [0, 0.05) is 0 Å². The lowest BCUT2D eigenvalue weighted by molar-refractivity contribution is -0.141. The molecule has 0 saturated heterocycles. The molecule has 19 heavy (non-hydrogen) atoms. The van der Waals surface area contributed by atoms with Crippen molar-refractivity contribution in [2.75, 3.05) is 7.11 Å². The third-order valence-electron chi connectivity index (χ3n) is 3.38. The molecule has 0 aliphatic heterocycles. The number of fused-ring (bicyclic) bond motifs is 3. The van der Waals surface area contributed by atoms with Crippen LogP contribution in [-0.2, 0) is 9.53 Å². The summed E-state index contributed by atoms with van der Waals surface area (Å²) < 4.78 is 31.5. The smallest absolute Gasteiger partial charge is 0.317 e. The summed E-state index contributed by atoms with van der Waals surface area (Å²) in [5.41, 5.74) is 2.53. The highest BCUT2D eigenvalue weighted by Gasteiger charge is 2.35. The molecule has 1 aliphatic carbocycles. The molecule has 0 radical (unpaired) electrons. The number of carbonyl (C=O) groups excluding carboxylic acids is 1. The minimum Gasteiger partial charge on any atom is -0.468 e. The normalized spacial score (nSPS) is 13.0. The van der Waals surface area contributed by atoms with Gasteiger partial charge >= 0.3 is 5.97 Å². The van der Waals surface area contributed by atoms with Gasteiger partial charge in [0.05, 0.1) is 7.11 Å². The van der Waals surface area contributed by atoms with E-state index >= 15 is 0 Å². The van der Waals surface area contributed by atoms with Crippen molar-refractivity contribution in [1.29, 1.82) is 0 Å². The van der Waals surface area contributed by atoms with Gasteiger partial charge in [-0.1, -0.05) is 12.1 Å². The van der Waals surface area contributed by atoms with E-state index in [1.807, 2.05) is 0 Å². The predicted molar refractivity (Wildman–Crippen MR) is 65.7 cm³/mol. The molecule has 0 aromatic heterocycles. The molecule has 0 unspecified atom stereocenters. The van der Waals surface area contributed by atoms with Crippen LogP contribution in [0.5, 0.6) is 0 Å². The molecule has 0 amide bonds. The molecule has 2 aromatic carbocycles. The molecule has 0 N–H and O–H groups in total. The summed E-state index contributed by atoms with van der Waals surface area (Å²) in [4.78, 5) is 11.9. The number of hydrogen-bond acceptors (Lipinski definition) is 2. The standard InChI is InChI=1S/C15H10F2O2/c1-19-15(18)14-12-6-8(16)2-4-10(12)11-5-3-9(17)7-13(11)14/h2-7,14H,1H3. The summed E-state index contributed by atoms with van der Waals surface area (Å²) in [6.45, 7) is 0. The highest BCUT2D eigenvalue weighted by molar-refractivity contribution is 5.93. The van der Waals surface area contributed by atoms with E-state index in [1.165, 1.54) is 31.4 Å². The summed E-state index contributed by atoms with van der Waals surface area (Å²) in [6, 6.07) is 8.45. The highest BCUT2D eigenvalue weighted by Crippen LogP contribution is 2.45. The lowest BCUT2D eigenvalue weighted by Crippen LogP contribution is -2.13.